The predicted octanol–water partition coefficient (Wildman–Crippen LogP) is 1.11. The van der Waals surface area contributed by atoms with Gasteiger partial charge in [0.1, 0.15) is 5.60 Å². The first-order chi connectivity index (χ1) is 11.3. The number of likely N-dealkylation sites (tertiary alicyclic amines) is 2. The quantitative estimate of drug-likeness (QED) is 0.593. The second-order valence-corrected chi connectivity index (χ2v) is 7.73. The Morgan fingerprint density at radius 1 is 1.29 bits per heavy atom. The minimum Gasteiger partial charge on any atom is -0.444 e. The molecule has 2 heterocycles. The van der Waals surface area contributed by atoms with Crippen molar-refractivity contribution in [1.82, 2.24) is 20.4 Å². The van der Waals surface area contributed by atoms with Crippen LogP contribution in [0.4, 0.5) is 4.79 Å². The number of nitrogens with zero attached hydrogens (tertiary/aromatic N) is 3. The number of carbonyl (C=O) groups is 1. The van der Waals surface area contributed by atoms with Gasteiger partial charge < -0.3 is 25.2 Å². The molecule has 24 heavy (non-hydrogen) atoms. The van der Waals surface area contributed by atoms with Crippen LogP contribution in [0.2, 0.25) is 0 Å². The molecule has 0 aromatic heterocycles. The number of ether oxygens (including phenoxy) is 1. The summed E-state index contributed by atoms with van der Waals surface area (Å²) >= 11 is 0. The molecule has 2 N–H and O–H groups in total. The van der Waals surface area contributed by atoms with Crippen molar-refractivity contribution in [1.29, 1.82) is 0 Å². The van der Waals surface area contributed by atoms with Crippen LogP contribution in [-0.4, -0.2) is 79.8 Å². The molecule has 2 fully saturated rings. The summed E-state index contributed by atoms with van der Waals surface area (Å²) in [5.74, 6) is 1.50. The number of carbonyl (C=O) groups excluding carboxylic acids is 1. The fraction of sp³-hybridized carbons (Fsp3) is 0.882. The highest BCUT2D eigenvalue weighted by atomic mass is 16.6. The molecular weight excluding hydrogens is 306 g/mol. The molecule has 2 aliphatic rings. The van der Waals surface area contributed by atoms with E-state index in [-0.39, 0.29) is 12.1 Å². The lowest BCUT2D eigenvalue weighted by Crippen LogP contribution is -2.63. The van der Waals surface area contributed by atoms with Crippen molar-refractivity contribution in [3.05, 3.63) is 0 Å². The zero-order chi connectivity index (χ0) is 17.7. The van der Waals surface area contributed by atoms with E-state index < -0.39 is 5.60 Å². The van der Waals surface area contributed by atoms with Crippen molar-refractivity contribution in [3.63, 3.8) is 0 Å². The molecule has 7 heteroatoms. The second-order valence-electron chi connectivity index (χ2n) is 7.73. The Morgan fingerprint density at radius 3 is 2.54 bits per heavy atom. The minimum atomic E-state index is -0.444. The third-order valence-corrected chi connectivity index (χ3v) is 4.47. The number of guanidine groups is 1. The summed E-state index contributed by atoms with van der Waals surface area (Å²) in [5, 5.41) is 6.79. The Morgan fingerprint density at radius 2 is 2.00 bits per heavy atom. The molecule has 2 rings (SSSR count). The van der Waals surface area contributed by atoms with Crippen LogP contribution in [0.15, 0.2) is 4.99 Å². The van der Waals surface area contributed by atoms with Crippen LogP contribution in [0.3, 0.4) is 0 Å². The smallest absolute Gasteiger partial charge is 0.410 e. The molecule has 0 aromatic carbocycles. The highest BCUT2D eigenvalue weighted by Crippen LogP contribution is 2.16. The second kappa shape index (κ2) is 8.05. The standard InChI is InChI=1S/C17H33N5O2/c1-6-21-8-7-13(10-21)9-19-15(18-5)20-14-11-22(12-14)16(23)24-17(2,3)4/h13-14H,6-12H2,1-5H3,(H2,18,19,20). The minimum absolute atomic E-state index is 0.236. The van der Waals surface area contributed by atoms with E-state index in [1.54, 1.807) is 11.9 Å². The van der Waals surface area contributed by atoms with E-state index in [0.29, 0.717) is 19.0 Å². The maximum Gasteiger partial charge on any atom is 0.410 e. The van der Waals surface area contributed by atoms with Crippen LogP contribution < -0.4 is 10.6 Å². The maximum atomic E-state index is 11.9. The summed E-state index contributed by atoms with van der Waals surface area (Å²) in [7, 11) is 1.78. The summed E-state index contributed by atoms with van der Waals surface area (Å²) in [6, 6.07) is 0.236. The zero-order valence-electron chi connectivity index (χ0n) is 15.8. The lowest BCUT2D eigenvalue weighted by atomic mass is 10.1. The van der Waals surface area contributed by atoms with Crippen LogP contribution in [0.5, 0.6) is 0 Å². The molecule has 1 unspecified atom stereocenters. The van der Waals surface area contributed by atoms with Crippen molar-refractivity contribution in [2.45, 2.75) is 45.8 Å². The summed E-state index contributed by atoms with van der Waals surface area (Å²) in [5.41, 5.74) is -0.444. The molecule has 1 atom stereocenters. The van der Waals surface area contributed by atoms with Crippen LogP contribution in [-0.2, 0) is 4.74 Å². The van der Waals surface area contributed by atoms with Gasteiger partial charge in [-0.1, -0.05) is 6.92 Å². The molecular formula is C17H33N5O2. The molecule has 1 amide bonds. The fourth-order valence-corrected chi connectivity index (χ4v) is 3.04. The fourth-order valence-electron chi connectivity index (χ4n) is 3.04. The van der Waals surface area contributed by atoms with Crippen LogP contribution in [0.1, 0.15) is 34.1 Å². The van der Waals surface area contributed by atoms with E-state index in [2.05, 4.69) is 27.4 Å². The van der Waals surface area contributed by atoms with E-state index in [9.17, 15) is 4.79 Å². The predicted molar refractivity (Wildman–Crippen MR) is 96.3 cm³/mol. The van der Waals surface area contributed by atoms with Gasteiger partial charge in [-0.25, -0.2) is 4.79 Å². The van der Waals surface area contributed by atoms with Gasteiger partial charge in [-0.15, -0.1) is 0 Å². The number of amides is 1. The Hall–Kier alpha value is -1.50. The number of nitrogens with one attached hydrogen (secondary N) is 2. The monoisotopic (exact) mass is 339 g/mol. The summed E-state index contributed by atoms with van der Waals surface area (Å²) < 4.78 is 5.37. The SMILES string of the molecule is CCN1CCC(CNC(=NC)NC2CN(C(=O)OC(C)(C)C)C2)C1. The molecule has 2 saturated heterocycles. The van der Waals surface area contributed by atoms with E-state index in [1.165, 1.54) is 13.0 Å². The van der Waals surface area contributed by atoms with Crippen LogP contribution in [0.25, 0.3) is 0 Å². The summed E-state index contributed by atoms with van der Waals surface area (Å²) in [6.07, 6.45) is 1.00. The van der Waals surface area contributed by atoms with E-state index in [1.807, 2.05) is 20.8 Å². The average molecular weight is 339 g/mol. The molecule has 7 nitrogen and oxygen atoms in total. The van der Waals surface area contributed by atoms with Gasteiger partial charge in [0.2, 0.25) is 0 Å². The van der Waals surface area contributed by atoms with E-state index in [4.69, 9.17) is 4.74 Å². The zero-order valence-corrected chi connectivity index (χ0v) is 15.8. The van der Waals surface area contributed by atoms with E-state index in [0.717, 1.165) is 25.6 Å². The van der Waals surface area contributed by atoms with Crippen LogP contribution in [0, 0.1) is 5.92 Å². The lowest BCUT2D eigenvalue weighted by Gasteiger charge is -2.40. The van der Waals surface area contributed by atoms with Gasteiger partial charge in [0.05, 0.1) is 6.04 Å². The topological polar surface area (TPSA) is 69.2 Å². The van der Waals surface area contributed by atoms with Crippen molar-refractivity contribution in [3.8, 4) is 0 Å². The molecule has 0 saturated carbocycles. The van der Waals surface area contributed by atoms with Gasteiger partial charge in [-0.05, 0) is 46.2 Å². The highest BCUT2D eigenvalue weighted by Gasteiger charge is 2.34. The Labute approximate surface area is 145 Å². The average Bonchev–Trinajstić information content (AvgIpc) is 2.91. The first-order valence-electron chi connectivity index (χ1n) is 8.98. The van der Waals surface area contributed by atoms with Gasteiger partial charge in [-0.2, -0.15) is 0 Å². The lowest BCUT2D eigenvalue weighted by molar-refractivity contribution is 0.00701. The van der Waals surface area contributed by atoms with Gasteiger partial charge in [0.15, 0.2) is 5.96 Å². The molecule has 0 aromatic rings. The third kappa shape index (κ3) is 5.54. The number of rotatable bonds is 4. The van der Waals surface area contributed by atoms with Gasteiger partial charge in [0.25, 0.3) is 0 Å². The first-order valence-corrected chi connectivity index (χ1v) is 8.98. The molecule has 0 bridgehead atoms. The normalized spacial score (nSPS) is 23.1. The van der Waals surface area contributed by atoms with Crippen molar-refractivity contribution >= 4 is 12.1 Å². The number of hydrogen-bond acceptors (Lipinski definition) is 4. The van der Waals surface area contributed by atoms with Gasteiger partial charge in [-0.3, -0.25) is 4.99 Å². The molecule has 2 aliphatic heterocycles. The van der Waals surface area contributed by atoms with Crippen molar-refractivity contribution < 1.29 is 9.53 Å². The molecule has 138 valence electrons. The molecule has 0 spiro atoms. The van der Waals surface area contributed by atoms with Crippen LogP contribution >= 0.6 is 0 Å². The van der Waals surface area contributed by atoms with Crippen molar-refractivity contribution in [2.24, 2.45) is 10.9 Å². The Balaban J connectivity index is 1.65. The van der Waals surface area contributed by atoms with Gasteiger partial charge >= 0.3 is 6.09 Å². The largest absolute Gasteiger partial charge is 0.444 e. The third-order valence-electron chi connectivity index (χ3n) is 4.47. The van der Waals surface area contributed by atoms with Gasteiger partial charge in [0, 0.05) is 33.2 Å². The highest BCUT2D eigenvalue weighted by molar-refractivity contribution is 5.80. The molecule has 0 radical (unpaired) electrons. The Bertz CT molecular complexity index is 454. The number of hydrogen-bond donors (Lipinski definition) is 2. The summed E-state index contributed by atoms with van der Waals surface area (Å²) in [4.78, 5) is 20.4. The van der Waals surface area contributed by atoms with Crippen molar-refractivity contribution in [2.75, 3.05) is 46.3 Å². The van der Waals surface area contributed by atoms with E-state index >= 15 is 0 Å². The first kappa shape index (κ1) is 18.8. The maximum absolute atomic E-state index is 11.9. The molecule has 0 aliphatic carbocycles. The number of aliphatic imine (C=N–C) groups is 1. The Kier molecular flexibility index (Phi) is 6.32. The summed E-state index contributed by atoms with van der Waals surface area (Å²) in [6.45, 7) is 13.6.